The molecule has 0 bridgehead atoms. The molecule has 0 N–H and O–H groups in total. The van der Waals surface area contributed by atoms with Crippen LogP contribution >= 0.6 is 0 Å². The number of sulfonamides is 1. The summed E-state index contributed by atoms with van der Waals surface area (Å²) in [4.78, 5) is 14.1. The summed E-state index contributed by atoms with van der Waals surface area (Å²) < 4.78 is 36.3. The molecular formula is C18H20N2O5S. The highest BCUT2D eigenvalue weighted by molar-refractivity contribution is 7.88. The third-order valence-electron chi connectivity index (χ3n) is 4.28. The Labute approximate surface area is 151 Å². The number of carbonyl (C=O) groups excluding carboxylic acids is 1. The van der Waals surface area contributed by atoms with Crippen LogP contribution in [0.5, 0.6) is 0 Å². The van der Waals surface area contributed by atoms with Crippen LogP contribution in [0.2, 0.25) is 0 Å². The van der Waals surface area contributed by atoms with Gasteiger partial charge in [0.05, 0.1) is 6.04 Å². The molecule has 0 aliphatic carbocycles. The van der Waals surface area contributed by atoms with Gasteiger partial charge in [-0.3, -0.25) is 4.79 Å². The SMILES string of the molecule is CC(c1cc2ccccc2o1)N(C)C(=O)c1ccc(S(=O)(=O)N(C)C)o1. The fraction of sp³-hybridized carbons (Fsp3) is 0.278. The van der Waals surface area contributed by atoms with Gasteiger partial charge in [-0.05, 0) is 31.2 Å². The van der Waals surface area contributed by atoms with Crippen molar-refractivity contribution in [3.05, 3.63) is 54.0 Å². The molecular weight excluding hydrogens is 356 g/mol. The van der Waals surface area contributed by atoms with Gasteiger partial charge in [-0.1, -0.05) is 18.2 Å². The standard InChI is InChI=1S/C18H20N2O5S/c1-12(16-11-13-7-5-6-8-14(13)24-16)20(4)18(21)15-9-10-17(25-15)26(22,23)19(2)3/h5-12H,1-4H3. The Hall–Kier alpha value is -2.58. The predicted octanol–water partition coefficient (Wildman–Crippen LogP) is 3.11. The Morgan fingerprint density at radius 1 is 1.04 bits per heavy atom. The Morgan fingerprint density at radius 2 is 1.73 bits per heavy atom. The predicted molar refractivity (Wildman–Crippen MR) is 96.3 cm³/mol. The number of rotatable bonds is 5. The van der Waals surface area contributed by atoms with Crippen LogP contribution in [0.1, 0.15) is 29.3 Å². The van der Waals surface area contributed by atoms with Gasteiger partial charge in [0.15, 0.2) is 5.76 Å². The molecule has 26 heavy (non-hydrogen) atoms. The van der Waals surface area contributed by atoms with Crippen LogP contribution in [0, 0.1) is 0 Å². The molecule has 2 heterocycles. The van der Waals surface area contributed by atoms with Gasteiger partial charge in [0.25, 0.3) is 15.9 Å². The van der Waals surface area contributed by atoms with Crippen LogP contribution in [-0.4, -0.2) is 44.7 Å². The number of hydrogen-bond acceptors (Lipinski definition) is 5. The molecule has 2 aromatic heterocycles. The van der Waals surface area contributed by atoms with Crippen LogP contribution in [0.25, 0.3) is 11.0 Å². The summed E-state index contributed by atoms with van der Waals surface area (Å²) in [7, 11) is 0.682. The zero-order valence-electron chi connectivity index (χ0n) is 15.0. The maximum atomic E-state index is 12.7. The highest BCUT2D eigenvalue weighted by Crippen LogP contribution is 2.28. The molecule has 7 nitrogen and oxygen atoms in total. The second-order valence-electron chi connectivity index (χ2n) is 6.18. The van der Waals surface area contributed by atoms with Crippen molar-refractivity contribution in [2.75, 3.05) is 21.1 Å². The molecule has 0 saturated carbocycles. The minimum atomic E-state index is -3.73. The molecule has 0 saturated heterocycles. The van der Waals surface area contributed by atoms with Gasteiger partial charge < -0.3 is 13.7 Å². The third-order valence-corrected chi connectivity index (χ3v) is 5.97. The lowest BCUT2D eigenvalue weighted by molar-refractivity contribution is 0.0689. The zero-order chi connectivity index (χ0) is 19.1. The number of amides is 1. The average molecular weight is 376 g/mol. The summed E-state index contributed by atoms with van der Waals surface area (Å²) in [6.07, 6.45) is 0. The van der Waals surface area contributed by atoms with Gasteiger partial charge >= 0.3 is 0 Å². The van der Waals surface area contributed by atoms with Crippen molar-refractivity contribution in [1.82, 2.24) is 9.21 Å². The summed E-state index contributed by atoms with van der Waals surface area (Å²) in [5.41, 5.74) is 0.743. The largest absolute Gasteiger partial charge is 0.459 e. The first-order valence-corrected chi connectivity index (χ1v) is 9.44. The van der Waals surface area contributed by atoms with E-state index in [1.807, 2.05) is 37.3 Å². The van der Waals surface area contributed by atoms with E-state index in [0.717, 1.165) is 15.3 Å². The lowest BCUT2D eigenvalue weighted by Gasteiger charge is -2.22. The van der Waals surface area contributed by atoms with Crippen molar-refractivity contribution in [3.8, 4) is 0 Å². The number of hydrogen-bond donors (Lipinski definition) is 0. The summed E-state index contributed by atoms with van der Waals surface area (Å²) in [6, 6.07) is 11.8. The highest BCUT2D eigenvalue weighted by Gasteiger charge is 2.27. The molecule has 138 valence electrons. The molecule has 3 rings (SSSR count). The minimum Gasteiger partial charge on any atom is -0.459 e. The lowest BCUT2D eigenvalue weighted by atomic mass is 10.2. The minimum absolute atomic E-state index is 0.0455. The van der Waals surface area contributed by atoms with E-state index in [4.69, 9.17) is 8.83 Å². The van der Waals surface area contributed by atoms with E-state index in [1.165, 1.54) is 31.1 Å². The Bertz CT molecular complexity index is 1020. The molecule has 3 aromatic rings. The third kappa shape index (κ3) is 3.13. The normalized spacial score (nSPS) is 13.3. The first-order valence-electron chi connectivity index (χ1n) is 8.00. The maximum absolute atomic E-state index is 12.7. The van der Waals surface area contributed by atoms with Crippen molar-refractivity contribution in [2.24, 2.45) is 0 Å². The summed E-state index contributed by atoms with van der Waals surface area (Å²) in [5, 5.41) is 0.684. The van der Waals surface area contributed by atoms with Gasteiger partial charge in [-0.15, -0.1) is 0 Å². The maximum Gasteiger partial charge on any atom is 0.289 e. The first kappa shape index (κ1) is 18.2. The Kier molecular flexibility index (Phi) is 4.64. The van der Waals surface area contributed by atoms with Gasteiger partial charge in [-0.25, -0.2) is 12.7 Å². The van der Waals surface area contributed by atoms with Crippen molar-refractivity contribution in [2.45, 2.75) is 18.1 Å². The summed E-state index contributed by atoms with van der Waals surface area (Å²) in [5.74, 6) is 0.156. The summed E-state index contributed by atoms with van der Waals surface area (Å²) >= 11 is 0. The molecule has 1 aromatic carbocycles. The van der Waals surface area contributed by atoms with Gasteiger partial charge in [0.1, 0.15) is 11.3 Å². The smallest absolute Gasteiger partial charge is 0.289 e. The van der Waals surface area contributed by atoms with E-state index < -0.39 is 15.9 Å². The first-order chi connectivity index (χ1) is 12.2. The van der Waals surface area contributed by atoms with Crippen LogP contribution in [0.15, 0.2) is 56.4 Å². The molecule has 1 atom stereocenters. The van der Waals surface area contributed by atoms with Crippen molar-refractivity contribution < 1.29 is 22.0 Å². The zero-order valence-corrected chi connectivity index (χ0v) is 15.8. The highest BCUT2D eigenvalue weighted by atomic mass is 32.2. The topological polar surface area (TPSA) is 84.0 Å². The number of nitrogens with zero attached hydrogens (tertiary/aromatic N) is 2. The lowest BCUT2D eigenvalue weighted by Crippen LogP contribution is -2.29. The molecule has 8 heteroatoms. The molecule has 0 aliphatic heterocycles. The number of fused-ring (bicyclic) bond motifs is 1. The molecule has 0 aliphatic rings. The molecule has 1 amide bonds. The van der Waals surface area contributed by atoms with Crippen LogP contribution in [-0.2, 0) is 10.0 Å². The molecule has 0 radical (unpaired) electrons. The number of carbonyl (C=O) groups is 1. The fourth-order valence-electron chi connectivity index (χ4n) is 2.50. The van der Waals surface area contributed by atoms with Gasteiger partial charge in [0.2, 0.25) is 5.09 Å². The number of benzene rings is 1. The van der Waals surface area contributed by atoms with Crippen LogP contribution < -0.4 is 0 Å². The molecule has 0 spiro atoms. The monoisotopic (exact) mass is 376 g/mol. The second-order valence-corrected chi connectivity index (χ2v) is 8.27. The van der Waals surface area contributed by atoms with Gasteiger partial charge in [0, 0.05) is 26.5 Å². The van der Waals surface area contributed by atoms with Crippen molar-refractivity contribution >= 4 is 26.9 Å². The fourth-order valence-corrected chi connectivity index (χ4v) is 3.30. The van der Waals surface area contributed by atoms with Gasteiger partial charge in [-0.2, -0.15) is 0 Å². The summed E-state index contributed by atoms with van der Waals surface area (Å²) in [6.45, 7) is 1.83. The van der Waals surface area contributed by atoms with Crippen LogP contribution in [0.4, 0.5) is 0 Å². The van der Waals surface area contributed by atoms with E-state index in [2.05, 4.69) is 0 Å². The van der Waals surface area contributed by atoms with E-state index >= 15 is 0 Å². The van der Waals surface area contributed by atoms with Crippen molar-refractivity contribution in [3.63, 3.8) is 0 Å². The Balaban J connectivity index is 1.84. The number of para-hydroxylation sites is 1. The second kappa shape index (κ2) is 6.62. The van der Waals surface area contributed by atoms with Crippen molar-refractivity contribution in [1.29, 1.82) is 0 Å². The average Bonchev–Trinajstić information content (AvgIpc) is 3.26. The quantitative estimate of drug-likeness (QED) is 0.683. The molecule has 1 unspecified atom stereocenters. The van der Waals surface area contributed by atoms with Crippen LogP contribution in [0.3, 0.4) is 0 Å². The molecule has 0 fully saturated rings. The van der Waals surface area contributed by atoms with E-state index in [0.29, 0.717) is 5.76 Å². The number of furan rings is 2. The van der Waals surface area contributed by atoms with E-state index in [1.54, 1.807) is 7.05 Å². The van der Waals surface area contributed by atoms with E-state index in [-0.39, 0.29) is 16.9 Å². The Morgan fingerprint density at radius 3 is 2.38 bits per heavy atom. The van der Waals surface area contributed by atoms with E-state index in [9.17, 15) is 13.2 Å².